The fraction of sp³-hybridized carbons (Fsp3) is 0.409. The van der Waals surface area contributed by atoms with Crippen LogP contribution in [0.5, 0.6) is 0 Å². The molecule has 6 heteroatoms. The molecule has 2 aromatic rings. The van der Waals surface area contributed by atoms with Crippen LogP contribution in [0.25, 0.3) is 0 Å². The molecule has 1 aliphatic heterocycles. The summed E-state index contributed by atoms with van der Waals surface area (Å²) in [6, 6.07) is 11.6. The van der Waals surface area contributed by atoms with Crippen molar-refractivity contribution in [2.45, 2.75) is 33.2 Å². The van der Waals surface area contributed by atoms with E-state index in [2.05, 4.69) is 22.1 Å². The van der Waals surface area contributed by atoms with E-state index in [1.807, 2.05) is 36.4 Å². The van der Waals surface area contributed by atoms with E-state index in [-0.39, 0.29) is 18.4 Å². The number of pyridine rings is 1. The monoisotopic (exact) mass is 380 g/mol. The van der Waals surface area contributed by atoms with Crippen molar-refractivity contribution in [3.8, 4) is 0 Å². The predicted octanol–water partition coefficient (Wildman–Crippen LogP) is 3.31. The predicted molar refractivity (Wildman–Crippen MR) is 111 cm³/mol. The molecular formula is C22H28N4O2. The van der Waals surface area contributed by atoms with Crippen molar-refractivity contribution in [1.29, 1.82) is 0 Å². The molecular weight excluding hydrogens is 352 g/mol. The quantitative estimate of drug-likeness (QED) is 0.835. The van der Waals surface area contributed by atoms with Gasteiger partial charge in [0.1, 0.15) is 6.54 Å². The van der Waals surface area contributed by atoms with Gasteiger partial charge in [0.15, 0.2) is 0 Å². The van der Waals surface area contributed by atoms with Crippen molar-refractivity contribution in [2.24, 2.45) is 5.92 Å². The average Bonchev–Trinajstić information content (AvgIpc) is 2.69. The number of amides is 2. The van der Waals surface area contributed by atoms with Gasteiger partial charge in [-0.15, -0.1) is 0 Å². The Morgan fingerprint density at radius 2 is 1.75 bits per heavy atom. The Morgan fingerprint density at radius 1 is 1.11 bits per heavy atom. The lowest BCUT2D eigenvalue weighted by Gasteiger charge is -2.32. The first-order chi connectivity index (χ1) is 13.5. The number of carbonyl (C=O) groups is 2. The Morgan fingerprint density at radius 3 is 2.36 bits per heavy atom. The highest BCUT2D eigenvalue weighted by Crippen LogP contribution is 2.24. The molecule has 0 spiro atoms. The molecule has 0 atom stereocenters. The molecule has 1 aromatic heterocycles. The van der Waals surface area contributed by atoms with Crippen molar-refractivity contribution >= 4 is 23.2 Å². The zero-order chi connectivity index (χ0) is 19.9. The number of benzene rings is 1. The van der Waals surface area contributed by atoms with Crippen molar-refractivity contribution < 1.29 is 9.59 Å². The number of nitrogens with zero attached hydrogens (tertiary/aromatic N) is 3. The Bertz CT molecular complexity index is 784. The van der Waals surface area contributed by atoms with Crippen LogP contribution in [0.1, 0.15) is 32.3 Å². The molecule has 1 N–H and O–H groups in total. The van der Waals surface area contributed by atoms with E-state index in [0.29, 0.717) is 6.54 Å². The summed E-state index contributed by atoms with van der Waals surface area (Å²) in [5.41, 5.74) is 2.87. The maximum Gasteiger partial charge on any atom is 0.244 e. The molecule has 0 saturated carbocycles. The van der Waals surface area contributed by atoms with E-state index in [4.69, 9.17) is 0 Å². The standard InChI is InChI=1S/C22H28N4O2/c1-17-9-13-25(14-10-17)21-5-3-20(4-6-21)24-22(28)16-26(18(2)27)15-19-7-11-23-12-8-19/h3-8,11-12,17H,9-10,13-16H2,1-2H3,(H,24,28). The van der Waals surface area contributed by atoms with Gasteiger partial charge in [0.25, 0.3) is 0 Å². The number of nitrogens with one attached hydrogen (secondary N) is 1. The van der Waals surface area contributed by atoms with E-state index in [0.717, 1.165) is 30.3 Å². The van der Waals surface area contributed by atoms with E-state index in [1.165, 1.54) is 30.4 Å². The minimum Gasteiger partial charge on any atom is -0.372 e. The van der Waals surface area contributed by atoms with Gasteiger partial charge in [-0.1, -0.05) is 6.92 Å². The summed E-state index contributed by atoms with van der Waals surface area (Å²) in [4.78, 5) is 32.2. The Hall–Kier alpha value is -2.89. The molecule has 1 fully saturated rings. The van der Waals surface area contributed by atoms with Gasteiger partial charge in [-0.2, -0.15) is 0 Å². The highest BCUT2D eigenvalue weighted by molar-refractivity contribution is 5.94. The minimum absolute atomic E-state index is 0.0173. The van der Waals surface area contributed by atoms with Crippen LogP contribution >= 0.6 is 0 Å². The third-order valence-electron chi connectivity index (χ3n) is 5.20. The van der Waals surface area contributed by atoms with Crippen LogP contribution in [-0.4, -0.2) is 41.3 Å². The first-order valence-electron chi connectivity index (χ1n) is 9.80. The molecule has 28 heavy (non-hydrogen) atoms. The molecule has 1 saturated heterocycles. The zero-order valence-electron chi connectivity index (χ0n) is 16.6. The van der Waals surface area contributed by atoms with E-state index < -0.39 is 0 Å². The molecule has 1 aromatic carbocycles. The third-order valence-corrected chi connectivity index (χ3v) is 5.20. The topological polar surface area (TPSA) is 65.5 Å². The largest absolute Gasteiger partial charge is 0.372 e. The summed E-state index contributed by atoms with van der Waals surface area (Å²) >= 11 is 0. The number of rotatable bonds is 6. The van der Waals surface area contributed by atoms with Gasteiger partial charge < -0.3 is 15.1 Å². The Kier molecular flexibility index (Phi) is 6.63. The lowest BCUT2D eigenvalue weighted by Crippen LogP contribution is -2.36. The van der Waals surface area contributed by atoms with Crippen molar-refractivity contribution in [1.82, 2.24) is 9.88 Å². The smallest absolute Gasteiger partial charge is 0.244 e. The van der Waals surface area contributed by atoms with Gasteiger partial charge in [-0.3, -0.25) is 14.6 Å². The van der Waals surface area contributed by atoms with Gasteiger partial charge in [0, 0.05) is 50.3 Å². The van der Waals surface area contributed by atoms with Gasteiger partial charge in [0.2, 0.25) is 11.8 Å². The molecule has 148 valence electrons. The van der Waals surface area contributed by atoms with Crippen LogP contribution in [0.2, 0.25) is 0 Å². The molecule has 6 nitrogen and oxygen atoms in total. The van der Waals surface area contributed by atoms with E-state index in [9.17, 15) is 9.59 Å². The Balaban J connectivity index is 1.55. The summed E-state index contributed by atoms with van der Waals surface area (Å²) in [6.45, 7) is 6.34. The first kappa shape index (κ1) is 19.9. The van der Waals surface area contributed by atoms with Crippen LogP contribution in [0.4, 0.5) is 11.4 Å². The number of hydrogen-bond acceptors (Lipinski definition) is 4. The Labute approximate surface area is 166 Å². The second-order valence-electron chi connectivity index (χ2n) is 7.50. The van der Waals surface area contributed by atoms with Gasteiger partial charge in [0.05, 0.1) is 0 Å². The second kappa shape index (κ2) is 9.35. The number of hydrogen-bond donors (Lipinski definition) is 1. The normalized spacial score (nSPS) is 14.6. The van der Waals surface area contributed by atoms with Crippen LogP contribution in [0, 0.1) is 5.92 Å². The van der Waals surface area contributed by atoms with Gasteiger partial charge >= 0.3 is 0 Å². The zero-order valence-corrected chi connectivity index (χ0v) is 16.6. The van der Waals surface area contributed by atoms with Crippen LogP contribution in [-0.2, 0) is 16.1 Å². The molecule has 0 unspecified atom stereocenters. The van der Waals surface area contributed by atoms with Crippen molar-refractivity contribution in [2.75, 3.05) is 29.9 Å². The number of piperidine rings is 1. The van der Waals surface area contributed by atoms with Crippen LogP contribution < -0.4 is 10.2 Å². The molecule has 2 heterocycles. The SMILES string of the molecule is CC(=O)N(CC(=O)Nc1ccc(N2CCC(C)CC2)cc1)Cc1ccncc1. The number of carbonyl (C=O) groups excluding carboxylic acids is 2. The highest BCUT2D eigenvalue weighted by Gasteiger charge is 2.17. The molecule has 1 aliphatic rings. The number of anilines is 2. The second-order valence-corrected chi connectivity index (χ2v) is 7.50. The molecule has 2 amide bonds. The minimum atomic E-state index is -0.205. The first-order valence-corrected chi connectivity index (χ1v) is 9.80. The van der Waals surface area contributed by atoms with E-state index >= 15 is 0 Å². The summed E-state index contributed by atoms with van der Waals surface area (Å²) < 4.78 is 0. The summed E-state index contributed by atoms with van der Waals surface area (Å²) in [5, 5.41) is 2.89. The molecule has 0 aliphatic carbocycles. The van der Waals surface area contributed by atoms with Crippen molar-refractivity contribution in [3.63, 3.8) is 0 Å². The fourth-order valence-corrected chi connectivity index (χ4v) is 3.38. The van der Waals surface area contributed by atoms with Crippen LogP contribution in [0.3, 0.4) is 0 Å². The number of aromatic nitrogens is 1. The molecule has 0 bridgehead atoms. The van der Waals surface area contributed by atoms with Crippen molar-refractivity contribution in [3.05, 3.63) is 54.4 Å². The summed E-state index contributed by atoms with van der Waals surface area (Å²) in [7, 11) is 0. The maximum absolute atomic E-state index is 12.4. The fourth-order valence-electron chi connectivity index (χ4n) is 3.38. The van der Waals surface area contributed by atoms with E-state index in [1.54, 1.807) is 12.4 Å². The molecule has 3 rings (SSSR count). The maximum atomic E-state index is 12.4. The van der Waals surface area contributed by atoms with Gasteiger partial charge in [-0.25, -0.2) is 0 Å². The summed E-state index contributed by atoms with van der Waals surface area (Å²) in [5.74, 6) is 0.455. The lowest BCUT2D eigenvalue weighted by molar-refractivity contribution is -0.133. The average molecular weight is 380 g/mol. The van der Waals surface area contributed by atoms with Crippen LogP contribution in [0.15, 0.2) is 48.8 Å². The summed E-state index contributed by atoms with van der Waals surface area (Å²) in [6.07, 6.45) is 5.80. The third kappa shape index (κ3) is 5.55. The lowest BCUT2D eigenvalue weighted by atomic mass is 9.99. The van der Waals surface area contributed by atoms with Gasteiger partial charge in [-0.05, 0) is 60.7 Å². The highest BCUT2D eigenvalue weighted by atomic mass is 16.2. The molecule has 0 radical (unpaired) electrons.